The predicted octanol–water partition coefficient (Wildman–Crippen LogP) is 3.92. The number of thiocarbonyl (C=S) groups is 1. The summed E-state index contributed by atoms with van der Waals surface area (Å²) in [7, 11) is 0. The van der Waals surface area contributed by atoms with Crippen LogP contribution in [0.2, 0.25) is 0 Å². The lowest BCUT2D eigenvalue weighted by Crippen LogP contribution is -2.43. The van der Waals surface area contributed by atoms with Gasteiger partial charge in [0.2, 0.25) is 5.91 Å². The minimum atomic E-state index is 0.182. The molecular formula is C20H24N2O2S. The summed E-state index contributed by atoms with van der Waals surface area (Å²) in [4.78, 5) is 14.8. The Morgan fingerprint density at radius 1 is 1.36 bits per heavy atom. The molecule has 0 saturated carbocycles. The lowest BCUT2D eigenvalue weighted by molar-refractivity contribution is -0.135. The molecule has 1 aliphatic heterocycles. The van der Waals surface area contributed by atoms with Gasteiger partial charge in [0.15, 0.2) is 5.05 Å². The fourth-order valence-electron chi connectivity index (χ4n) is 4.44. The Labute approximate surface area is 153 Å². The first kappa shape index (κ1) is 16.6. The van der Waals surface area contributed by atoms with Gasteiger partial charge in [-0.3, -0.25) is 4.79 Å². The van der Waals surface area contributed by atoms with Crippen LogP contribution in [-0.4, -0.2) is 33.6 Å². The lowest BCUT2D eigenvalue weighted by atomic mass is 9.89. The monoisotopic (exact) mass is 356 g/mol. The maximum Gasteiger partial charge on any atom is 0.226 e. The van der Waals surface area contributed by atoms with E-state index in [0.717, 1.165) is 32.4 Å². The van der Waals surface area contributed by atoms with Crippen LogP contribution < -0.4 is 0 Å². The normalized spacial score (nSPS) is 19.0. The molecule has 1 aromatic heterocycles. The molecular weight excluding hydrogens is 332 g/mol. The summed E-state index contributed by atoms with van der Waals surface area (Å²) in [5.74, 6) is 0.182. The fraction of sp³-hybridized carbons (Fsp3) is 0.500. The molecule has 0 spiro atoms. The molecule has 2 heterocycles. The smallest absolute Gasteiger partial charge is 0.226 e. The molecule has 2 aromatic rings. The number of nitrogens with zero attached hydrogens (tertiary/aromatic N) is 2. The van der Waals surface area contributed by atoms with Crippen molar-refractivity contribution in [2.45, 2.75) is 52.1 Å². The number of benzene rings is 1. The maximum atomic E-state index is 12.8. The van der Waals surface area contributed by atoms with Crippen LogP contribution in [0.25, 0.3) is 10.9 Å². The maximum absolute atomic E-state index is 12.8. The summed E-state index contributed by atoms with van der Waals surface area (Å²) in [5, 5.41) is 1.88. The third-order valence-electron chi connectivity index (χ3n) is 5.47. The third-order valence-corrected chi connectivity index (χ3v) is 5.59. The number of aryl methyl sites for hydroxylation is 2. The SMILES string of the molecule is CC(=S)OCCC(=O)N1CCn2c3c(c4cc(C)ccc42)CCC[C@@H]31. The van der Waals surface area contributed by atoms with Crippen molar-refractivity contribution >= 4 is 34.1 Å². The molecule has 1 aromatic carbocycles. The molecule has 25 heavy (non-hydrogen) atoms. The van der Waals surface area contributed by atoms with Crippen molar-refractivity contribution in [3.63, 3.8) is 0 Å². The van der Waals surface area contributed by atoms with E-state index < -0.39 is 0 Å². The van der Waals surface area contributed by atoms with Gasteiger partial charge in [-0.15, -0.1) is 0 Å². The molecule has 2 aliphatic rings. The molecule has 0 fully saturated rings. The van der Waals surface area contributed by atoms with E-state index in [1.54, 1.807) is 6.92 Å². The average Bonchev–Trinajstić information content (AvgIpc) is 2.90. The summed E-state index contributed by atoms with van der Waals surface area (Å²) in [6, 6.07) is 6.95. The number of rotatable bonds is 3. The van der Waals surface area contributed by atoms with Crippen molar-refractivity contribution in [2.24, 2.45) is 0 Å². The van der Waals surface area contributed by atoms with E-state index in [9.17, 15) is 4.79 Å². The molecule has 0 unspecified atom stereocenters. The molecule has 0 saturated heterocycles. The van der Waals surface area contributed by atoms with Crippen molar-refractivity contribution in [3.05, 3.63) is 35.0 Å². The zero-order chi connectivity index (χ0) is 17.6. The number of hydrogen-bond donors (Lipinski definition) is 0. The number of fused-ring (bicyclic) bond motifs is 3. The second-order valence-electron chi connectivity index (χ2n) is 7.12. The molecule has 4 nitrogen and oxygen atoms in total. The molecule has 4 rings (SSSR count). The molecule has 0 N–H and O–H groups in total. The Morgan fingerprint density at radius 2 is 2.20 bits per heavy atom. The average molecular weight is 356 g/mol. The Bertz CT molecular complexity index is 855. The van der Waals surface area contributed by atoms with Crippen LogP contribution in [0.5, 0.6) is 0 Å². The molecule has 0 bridgehead atoms. The van der Waals surface area contributed by atoms with Crippen molar-refractivity contribution < 1.29 is 9.53 Å². The van der Waals surface area contributed by atoms with Crippen molar-refractivity contribution in [2.75, 3.05) is 13.2 Å². The van der Waals surface area contributed by atoms with Gasteiger partial charge >= 0.3 is 0 Å². The van der Waals surface area contributed by atoms with Crippen molar-refractivity contribution in [3.8, 4) is 0 Å². The van der Waals surface area contributed by atoms with E-state index >= 15 is 0 Å². The Morgan fingerprint density at radius 3 is 3.00 bits per heavy atom. The summed E-state index contributed by atoms with van der Waals surface area (Å²) >= 11 is 4.93. The van der Waals surface area contributed by atoms with Gasteiger partial charge in [0, 0.05) is 36.6 Å². The highest BCUT2D eigenvalue weighted by atomic mass is 32.1. The Balaban J connectivity index is 1.66. The highest BCUT2D eigenvalue weighted by Gasteiger charge is 2.36. The molecule has 5 heteroatoms. The lowest BCUT2D eigenvalue weighted by Gasteiger charge is -2.40. The highest BCUT2D eigenvalue weighted by Crippen LogP contribution is 2.42. The second-order valence-corrected chi connectivity index (χ2v) is 7.70. The molecule has 132 valence electrons. The quantitative estimate of drug-likeness (QED) is 0.782. The molecule has 0 radical (unpaired) electrons. The van der Waals surface area contributed by atoms with Crippen LogP contribution in [0.3, 0.4) is 0 Å². The van der Waals surface area contributed by atoms with E-state index in [1.807, 2.05) is 0 Å². The van der Waals surface area contributed by atoms with E-state index in [4.69, 9.17) is 17.0 Å². The minimum absolute atomic E-state index is 0.182. The second kappa shape index (κ2) is 6.45. The number of hydrogen-bond acceptors (Lipinski definition) is 3. The van der Waals surface area contributed by atoms with E-state index in [2.05, 4.69) is 34.6 Å². The molecule has 1 amide bonds. The predicted molar refractivity (Wildman–Crippen MR) is 103 cm³/mol. The summed E-state index contributed by atoms with van der Waals surface area (Å²) in [6.07, 6.45) is 3.72. The first-order valence-corrected chi connectivity index (χ1v) is 9.51. The number of carbonyl (C=O) groups is 1. The first-order valence-electron chi connectivity index (χ1n) is 9.10. The Kier molecular flexibility index (Phi) is 4.28. The number of aromatic nitrogens is 1. The van der Waals surface area contributed by atoms with Crippen LogP contribution in [0, 0.1) is 6.92 Å². The van der Waals surface area contributed by atoms with E-state index in [-0.39, 0.29) is 11.9 Å². The van der Waals surface area contributed by atoms with Gasteiger partial charge in [-0.1, -0.05) is 11.6 Å². The molecule has 1 atom stereocenters. The van der Waals surface area contributed by atoms with Crippen molar-refractivity contribution in [1.82, 2.24) is 9.47 Å². The van der Waals surface area contributed by atoms with Gasteiger partial charge in [-0.05, 0) is 56.1 Å². The zero-order valence-corrected chi connectivity index (χ0v) is 15.7. The van der Waals surface area contributed by atoms with Crippen LogP contribution >= 0.6 is 12.2 Å². The van der Waals surface area contributed by atoms with Gasteiger partial charge < -0.3 is 14.2 Å². The van der Waals surface area contributed by atoms with Crippen LogP contribution in [-0.2, 0) is 22.5 Å². The van der Waals surface area contributed by atoms with Crippen LogP contribution in [0.4, 0.5) is 0 Å². The van der Waals surface area contributed by atoms with Gasteiger partial charge in [0.25, 0.3) is 0 Å². The Hall–Kier alpha value is -1.88. The summed E-state index contributed by atoms with van der Waals surface area (Å²) in [5.41, 5.74) is 5.46. The minimum Gasteiger partial charge on any atom is -0.487 e. The summed E-state index contributed by atoms with van der Waals surface area (Å²) in [6.45, 7) is 5.94. The fourth-order valence-corrected chi connectivity index (χ4v) is 4.53. The van der Waals surface area contributed by atoms with Crippen LogP contribution in [0.15, 0.2) is 18.2 Å². The molecule has 1 aliphatic carbocycles. The zero-order valence-electron chi connectivity index (χ0n) is 14.9. The van der Waals surface area contributed by atoms with Crippen molar-refractivity contribution in [1.29, 1.82) is 0 Å². The number of ether oxygens (including phenoxy) is 1. The van der Waals surface area contributed by atoms with Gasteiger partial charge in [0.05, 0.1) is 19.1 Å². The van der Waals surface area contributed by atoms with Crippen LogP contribution in [0.1, 0.15) is 49.0 Å². The number of amides is 1. The summed E-state index contributed by atoms with van der Waals surface area (Å²) < 4.78 is 7.77. The van der Waals surface area contributed by atoms with Gasteiger partial charge in [-0.25, -0.2) is 0 Å². The third kappa shape index (κ3) is 2.84. The standard InChI is InChI=1S/C20H24N2O2S/c1-13-6-7-17-16(12-13)15-4-3-5-18-20(15)22(17)10-9-21(18)19(23)8-11-24-14(2)25/h6-7,12,18H,3-5,8-11H2,1-2H3/t18-/m0/s1. The van der Waals surface area contributed by atoms with E-state index in [0.29, 0.717) is 18.1 Å². The number of carbonyl (C=O) groups excluding carboxylic acids is 1. The highest BCUT2D eigenvalue weighted by molar-refractivity contribution is 7.80. The van der Waals surface area contributed by atoms with E-state index in [1.165, 1.54) is 27.7 Å². The topological polar surface area (TPSA) is 34.5 Å². The van der Waals surface area contributed by atoms with Gasteiger partial charge in [0.1, 0.15) is 0 Å². The largest absolute Gasteiger partial charge is 0.487 e. The van der Waals surface area contributed by atoms with Gasteiger partial charge in [-0.2, -0.15) is 0 Å². The first-order chi connectivity index (χ1) is 12.1.